The van der Waals surface area contributed by atoms with E-state index in [0.29, 0.717) is 18.0 Å². The topological polar surface area (TPSA) is 83.4 Å². The highest BCUT2D eigenvalue weighted by Crippen LogP contribution is 2.24. The first-order valence-electron chi connectivity index (χ1n) is 8.17. The molecule has 0 aliphatic carbocycles. The molecule has 0 spiro atoms. The SMILES string of the molecule is COc1ccc(N2C(=O)C[C@H]([NH2+]C[C@H](O)c3ccccc3)C2=O)cc1. The van der Waals surface area contributed by atoms with Crippen molar-refractivity contribution in [1.29, 1.82) is 0 Å². The molecule has 0 radical (unpaired) electrons. The summed E-state index contributed by atoms with van der Waals surface area (Å²) in [7, 11) is 1.56. The van der Waals surface area contributed by atoms with Gasteiger partial charge in [0.25, 0.3) is 5.91 Å². The molecule has 1 aliphatic heterocycles. The molecule has 1 fully saturated rings. The van der Waals surface area contributed by atoms with Gasteiger partial charge in [-0.15, -0.1) is 0 Å². The molecule has 6 nitrogen and oxygen atoms in total. The summed E-state index contributed by atoms with van der Waals surface area (Å²) in [6.07, 6.45) is -0.550. The lowest BCUT2D eigenvalue weighted by Gasteiger charge is -2.15. The Hall–Kier alpha value is -2.70. The van der Waals surface area contributed by atoms with Crippen LogP contribution in [0.5, 0.6) is 5.75 Å². The molecule has 0 unspecified atom stereocenters. The van der Waals surface area contributed by atoms with Gasteiger partial charge < -0.3 is 15.2 Å². The Morgan fingerprint density at radius 3 is 2.48 bits per heavy atom. The van der Waals surface area contributed by atoms with Gasteiger partial charge >= 0.3 is 0 Å². The van der Waals surface area contributed by atoms with Crippen molar-refractivity contribution in [2.75, 3.05) is 18.6 Å². The van der Waals surface area contributed by atoms with Crippen molar-refractivity contribution < 1.29 is 24.7 Å². The van der Waals surface area contributed by atoms with Gasteiger partial charge in [0, 0.05) is 0 Å². The van der Waals surface area contributed by atoms with Crippen LogP contribution in [-0.2, 0) is 9.59 Å². The molecule has 0 saturated carbocycles. The van der Waals surface area contributed by atoms with Gasteiger partial charge in [0.1, 0.15) is 18.4 Å². The van der Waals surface area contributed by atoms with Gasteiger partial charge in [-0.25, -0.2) is 4.90 Å². The van der Waals surface area contributed by atoms with E-state index in [1.807, 2.05) is 30.3 Å². The molecule has 0 bridgehead atoms. The maximum atomic E-state index is 12.6. The van der Waals surface area contributed by atoms with Crippen LogP contribution < -0.4 is 15.0 Å². The second-order valence-corrected chi connectivity index (χ2v) is 5.97. The van der Waals surface area contributed by atoms with Gasteiger partial charge in [0.2, 0.25) is 5.91 Å². The molecule has 1 saturated heterocycles. The fourth-order valence-electron chi connectivity index (χ4n) is 2.95. The van der Waals surface area contributed by atoms with E-state index < -0.39 is 12.1 Å². The van der Waals surface area contributed by atoms with Crippen LogP contribution in [0.2, 0.25) is 0 Å². The molecule has 2 aromatic carbocycles. The zero-order chi connectivity index (χ0) is 17.8. The first-order valence-corrected chi connectivity index (χ1v) is 8.17. The zero-order valence-corrected chi connectivity index (χ0v) is 14.0. The first kappa shape index (κ1) is 17.1. The van der Waals surface area contributed by atoms with Crippen LogP contribution in [0.25, 0.3) is 0 Å². The molecule has 3 N–H and O–H groups in total. The third-order valence-electron chi connectivity index (χ3n) is 4.34. The van der Waals surface area contributed by atoms with Gasteiger partial charge in [0.05, 0.1) is 19.2 Å². The van der Waals surface area contributed by atoms with E-state index in [2.05, 4.69) is 0 Å². The zero-order valence-electron chi connectivity index (χ0n) is 14.0. The standard InChI is InChI=1S/C19H20N2O4/c1-25-15-9-7-14(8-10-15)21-18(23)11-16(19(21)24)20-12-17(22)13-5-3-2-4-6-13/h2-10,16-17,20,22H,11-12H2,1H3/p+1/t16-,17-/m0/s1. The number of carbonyl (C=O) groups is 2. The number of rotatable bonds is 6. The molecule has 2 amide bonds. The lowest BCUT2D eigenvalue weighted by molar-refractivity contribution is -0.681. The summed E-state index contributed by atoms with van der Waals surface area (Å²) in [6, 6.07) is 15.6. The predicted octanol–water partition coefficient (Wildman–Crippen LogP) is 0.624. The summed E-state index contributed by atoms with van der Waals surface area (Å²) < 4.78 is 5.09. The predicted molar refractivity (Wildman–Crippen MR) is 92.1 cm³/mol. The Labute approximate surface area is 146 Å². The fourth-order valence-corrected chi connectivity index (χ4v) is 2.95. The van der Waals surface area contributed by atoms with Crippen LogP contribution in [0.1, 0.15) is 18.1 Å². The average molecular weight is 341 g/mol. The quantitative estimate of drug-likeness (QED) is 0.755. The number of methoxy groups -OCH3 is 1. The summed E-state index contributed by atoms with van der Waals surface area (Å²) >= 11 is 0. The number of nitrogens with two attached hydrogens (primary N) is 1. The minimum absolute atomic E-state index is 0.131. The van der Waals surface area contributed by atoms with Crippen LogP contribution in [0, 0.1) is 0 Å². The van der Waals surface area contributed by atoms with Crippen LogP contribution in [0.4, 0.5) is 5.69 Å². The maximum absolute atomic E-state index is 12.6. The molecule has 2 atom stereocenters. The summed E-state index contributed by atoms with van der Waals surface area (Å²) in [5.74, 6) is 0.179. The van der Waals surface area contributed by atoms with Crippen molar-refractivity contribution in [3.63, 3.8) is 0 Å². The first-order chi connectivity index (χ1) is 12.1. The maximum Gasteiger partial charge on any atom is 0.292 e. The normalized spacial score (nSPS) is 18.5. The van der Waals surface area contributed by atoms with E-state index >= 15 is 0 Å². The smallest absolute Gasteiger partial charge is 0.292 e. The highest BCUT2D eigenvalue weighted by Gasteiger charge is 2.42. The number of hydrogen-bond acceptors (Lipinski definition) is 4. The second kappa shape index (κ2) is 7.46. The van der Waals surface area contributed by atoms with Crippen molar-refractivity contribution in [2.45, 2.75) is 18.6 Å². The lowest BCUT2D eigenvalue weighted by Crippen LogP contribution is -2.92. The fraction of sp³-hybridized carbons (Fsp3) is 0.263. The molecule has 3 rings (SSSR count). The minimum atomic E-state index is -0.681. The average Bonchev–Trinajstić information content (AvgIpc) is 2.94. The Balaban J connectivity index is 1.64. The van der Waals surface area contributed by atoms with E-state index in [1.54, 1.807) is 36.7 Å². The number of nitrogens with zero attached hydrogens (tertiary/aromatic N) is 1. The molecule has 1 heterocycles. The largest absolute Gasteiger partial charge is 0.497 e. The van der Waals surface area contributed by atoms with Gasteiger partial charge in [-0.1, -0.05) is 30.3 Å². The molecule has 25 heavy (non-hydrogen) atoms. The molecule has 0 aromatic heterocycles. The van der Waals surface area contributed by atoms with Crippen LogP contribution in [-0.4, -0.2) is 36.6 Å². The van der Waals surface area contributed by atoms with E-state index in [9.17, 15) is 14.7 Å². The Kier molecular flexibility index (Phi) is 5.11. The van der Waals surface area contributed by atoms with Gasteiger partial charge in [-0.2, -0.15) is 0 Å². The highest BCUT2D eigenvalue weighted by atomic mass is 16.5. The lowest BCUT2D eigenvalue weighted by atomic mass is 10.1. The Morgan fingerprint density at radius 2 is 1.84 bits per heavy atom. The van der Waals surface area contributed by atoms with E-state index in [1.165, 1.54) is 4.90 Å². The number of benzene rings is 2. The number of imide groups is 1. The van der Waals surface area contributed by atoms with Gasteiger partial charge in [-0.3, -0.25) is 9.59 Å². The van der Waals surface area contributed by atoms with E-state index in [4.69, 9.17) is 4.74 Å². The minimum Gasteiger partial charge on any atom is -0.497 e. The van der Waals surface area contributed by atoms with Crippen LogP contribution in [0.3, 0.4) is 0 Å². The van der Waals surface area contributed by atoms with Crippen molar-refractivity contribution in [2.24, 2.45) is 0 Å². The highest BCUT2D eigenvalue weighted by molar-refractivity contribution is 6.21. The van der Waals surface area contributed by atoms with Crippen molar-refractivity contribution in [3.05, 3.63) is 60.2 Å². The molecule has 1 aliphatic rings. The number of aliphatic hydroxyl groups excluding tert-OH is 1. The third-order valence-corrected chi connectivity index (χ3v) is 4.34. The van der Waals surface area contributed by atoms with Crippen LogP contribution in [0.15, 0.2) is 54.6 Å². The van der Waals surface area contributed by atoms with Gasteiger partial charge in [0.15, 0.2) is 6.04 Å². The monoisotopic (exact) mass is 341 g/mol. The molecule has 130 valence electrons. The number of hydrogen-bond donors (Lipinski definition) is 2. The summed E-state index contributed by atoms with van der Waals surface area (Å²) in [5, 5.41) is 12.0. The van der Waals surface area contributed by atoms with E-state index in [-0.39, 0.29) is 18.2 Å². The molecule has 2 aromatic rings. The Morgan fingerprint density at radius 1 is 1.16 bits per heavy atom. The third kappa shape index (κ3) is 3.70. The number of quaternary nitrogens is 1. The van der Waals surface area contributed by atoms with Crippen molar-refractivity contribution in [1.82, 2.24) is 0 Å². The summed E-state index contributed by atoms with van der Waals surface area (Å²) in [4.78, 5) is 26.0. The molecular formula is C19H21N2O4+. The van der Waals surface area contributed by atoms with E-state index in [0.717, 1.165) is 5.56 Å². The number of aliphatic hydroxyl groups is 1. The number of anilines is 1. The Bertz CT molecular complexity index is 746. The number of carbonyl (C=O) groups excluding carboxylic acids is 2. The molecule has 6 heteroatoms. The van der Waals surface area contributed by atoms with Crippen molar-refractivity contribution >= 4 is 17.5 Å². The number of ether oxygens (including phenoxy) is 1. The summed E-state index contributed by atoms with van der Waals surface area (Å²) in [6.45, 7) is 0.324. The van der Waals surface area contributed by atoms with Crippen LogP contribution >= 0.6 is 0 Å². The van der Waals surface area contributed by atoms with Crippen molar-refractivity contribution in [3.8, 4) is 5.75 Å². The second-order valence-electron chi connectivity index (χ2n) is 5.97. The number of amides is 2. The molecular weight excluding hydrogens is 320 g/mol. The van der Waals surface area contributed by atoms with Gasteiger partial charge in [-0.05, 0) is 29.8 Å². The summed E-state index contributed by atoms with van der Waals surface area (Å²) in [5.41, 5.74) is 1.33.